The molecule has 0 saturated heterocycles. The highest BCUT2D eigenvalue weighted by Crippen LogP contribution is 2.50. The van der Waals surface area contributed by atoms with Crippen LogP contribution in [-0.4, -0.2) is 27.1 Å². The van der Waals surface area contributed by atoms with E-state index < -0.39 is 24.5 Å². The van der Waals surface area contributed by atoms with Gasteiger partial charge in [0.1, 0.15) is 10.5 Å². The van der Waals surface area contributed by atoms with Crippen molar-refractivity contribution in [3.63, 3.8) is 0 Å². The number of rotatable bonds is 3. The van der Waals surface area contributed by atoms with E-state index in [9.17, 15) is 23.4 Å². The summed E-state index contributed by atoms with van der Waals surface area (Å²) in [5, 5.41) is 22.9. The van der Waals surface area contributed by atoms with Gasteiger partial charge in [-0.2, -0.15) is 13.2 Å². The molecule has 0 aliphatic carbocycles. The Bertz CT molecular complexity index is 1110. The molecule has 29 heavy (non-hydrogen) atoms. The number of pyridine rings is 1. The second-order valence-electron chi connectivity index (χ2n) is 6.44. The molecule has 5 nitrogen and oxygen atoms in total. The monoisotopic (exact) mass is 462 g/mol. The van der Waals surface area contributed by atoms with Crippen LogP contribution in [0.5, 0.6) is 0 Å². The Balaban J connectivity index is 1.74. The molecule has 11 heteroatoms. The van der Waals surface area contributed by atoms with Gasteiger partial charge in [0.15, 0.2) is 6.29 Å². The molecule has 1 aliphatic heterocycles. The number of halogens is 5. The van der Waals surface area contributed by atoms with Crippen molar-refractivity contribution in [2.24, 2.45) is 5.16 Å². The fourth-order valence-corrected chi connectivity index (χ4v) is 4.54. The van der Waals surface area contributed by atoms with Crippen molar-refractivity contribution in [2.75, 3.05) is 0 Å². The lowest BCUT2D eigenvalue weighted by Gasteiger charge is -2.29. The molecular weight excluding hydrogens is 452 g/mol. The molecule has 0 saturated carbocycles. The third-order valence-electron chi connectivity index (χ3n) is 4.49. The summed E-state index contributed by atoms with van der Waals surface area (Å²) in [6.07, 6.45) is -5.77. The van der Waals surface area contributed by atoms with Gasteiger partial charge in [-0.15, -0.1) is 11.3 Å². The molecule has 1 atom stereocenters. The van der Waals surface area contributed by atoms with E-state index in [4.69, 9.17) is 28.0 Å². The maximum Gasteiger partial charge on any atom is 0.435 e. The summed E-state index contributed by atoms with van der Waals surface area (Å²) in [5.41, 5.74) is -2.70. The van der Waals surface area contributed by atoms with E-state index in [1.54, 1.807) is 6.07 Å². The highest BCUT2D eigenvalue weighted by atomic mass is 35.5. The number of alkyl halides is 3. The first-order valence-corrected chi connectivity index (χ1v) is 9.71. The van der Waals surface area contributed by atoms with Gasteiger partial charge in [0.2, 0.25) is 0 Å². The maximum atomic E-state index is 14.1. The molecule has 1 unspecified atom stereocenters. The first-order valence-electron chi connectivity index (χ1n) is 8.13. The minimum atomic E-state index is -4.78. The van der Waals surface area contributed by atoms with Crippen LogP contribution < -0.4 is 0 Å². The Labute approximate surface area is 176 Å². The van der Waals surface area contributed by atoms with Crippen molar-refractivity contribution in [3.8, 4) is 0 Å². The van der Waals surface area contributed by atoms with E-state index in [-0.39, 0.29) is 26.9 Å². The number of aliphatic hydroxyl groups is 2. The summed E-state index contributed by atoms with van der Waals surface area (Å²) in [5.74, 6) is 0. The summed E-state index contributed by atoms with van der Waals surface area (Å²) < 4.78 is 42.2. The number of thiophene rings is 1. The molecule has 0 spiro atoms. The number of nitrogens with zero attached hydrogens (tertiary/aromatic N) is 2. The summed E-state index contributed by atoms with van der Waals surface area (Å²) in [7, 11) is 0. The van der Waals surface area contributed by atoms with Crippen LogP contribution in [0.25, 0.3) is 10.2 Å². The van der Waals surface area contributed by atoms with Crippen molar-refractivity contribution in [1.82, 2.24) is 4.98 Å². The van der Waals surface area contributed by atoms with Gasteiger partial charge in [-0.1, -0.05) is 28.4 Å². The molecule has 2 N–H and O–H groups in total. The van der Waals surface area contributed by atoms with E-state index in [1.165, 1.54) is 18.3 Å². The second-order valence-corrected chi connectivity index (χ2v) is 8.34. The lowest BCUT2D eigenvalue weighted by atomic mass is 9.88. The van der Waals surface area contributed by atoms with Crippen LogP contribution in [0.2, 0.25) is 10.0 Å². The number of benzene rings is 1. The maximum absolute atomic E-state index is 14.1. The van der Waals surface area contributed by atoms with Crippen LogP contribution in [0.15, 0.2) is 41.7 Å². The molecule has 3 heterocycles. The SMILES string of the molecule is OC(O)c1cnc2sc(C3=NOC(c4cc(Cl)cc(Cl)c4)(C(F)(F)F)C3)cc2c1. The van der Waals surface area contributed by atoms with Gasteiger partial charge in [-0.25, -0.2) is 4.98 Å². The van der Waals surface area contributed by atoms with Crippen LogP contribution >= 0.6 is 34.5 Å². The first-order chi connectivity index (χ1) is 13.6. The lowest BCUT2D eigenvalue weighted by molar-refractivity contribution is -0.275. The average Bonchev–Trinajstić information content (AvgIpc) is 3.24. The smallest absolute Gasteiger partial charge is 0.374 e. The van der Waals surface area contributed by atoms with Gasteiger partial charge in [0, 0.05) is 32.8 Å². The second kappa shape index (κ2) is 7.10. The Hall–Kier alpha value is -1.91. The van der Waals surface area contributed by atoms with Crippen molar-refractivity contribution in [1.29, 1.82) is 0 Å². The predicted octanol–water partition coefficient (Wildman–Crippen LogP) is 5.17. The van der Waals surface area contributed by atoms with E-state index >= 15 is 0 Å². The van der Waals surface area contributed by atoms with Crippen molar-refractivity contribution in [3.05, 3.63) is 62.6 Å². The van der Waals surface area contributed by atoms with Crippen molar-refractivity contribution < 1.29 is 28.2 Å². The van der Waals surface area contributed by atoms with Gasteiger partial charge in [0.05, 0.1) is 11.3 Å². The fraction of sp³-hybridized carbons (Fsp3) is 0.222. The van der Waals surface area contributed by atoms with Crippen LogP contribution in [0.3, 0.4) is 0 Å². The molecular formula is C18H11Cl2F3N2O3S. The first kappa shape index (κ1) is 20.4. The lowest BCUT2D eigenvalue weighted by Crippen LogP contribution is -2.42. The molecule has 3 aromatic rings. The molecule has 1 aliphatic rings. The van der Waals surface area contributed by atoms with Gasteiger partial charge in [-0.05, 0) is 30.3 Å². The predicted molar refractivity (Wildman–Crippen MR) is 103 cm³/mol. The number of fused-ring (bicyclic) bond motifs is 1. The van der Waals surface area contributed by atoms with E-state index in [0.29, 0.717) is 15.1 Å². The standard InChI is InChI=1S/C18H11Cl2F3N2O3S/c19-11-3-10(4-12(20)5-11)17(18(21,22)23)6-13(25-28-17)14-2-8-1-9(16(26)27)7-24-15(8)29-14/h1-5,7,16,26-27H,6H2. The molecule has 2 aromatic heterocycles. The van der Waals surface area contributed by atoms with Gasteiger partial charge >= 0.3 is 6.18 Å². The number of hydrogen-bond donors (Lipinski definition) is 2. The largest absolute Gasteiger partial charge is 0.435 e. The van der Waals surface area contributed by atoms with E-state index in [0.717, 1.165) is 23.5 Å². The zero-order valence-corrected chi connectivity index (χ0v) is 16.6. The quantitative estimate of drug-likeness (QED) is 0.526. The van der Waals surface area contributed by atoms with E-state index in [2.05, 4.69) is 10.1 Å². The molecule has 0 bridgehead atoms. The third-order valence-corrected chi connectivity index (χ3v) is 6.03. The summed E-state index contributed by atoms with van der Waals surface area (Å²) >= 11 is 12.9. The number of aromatic nitrogens is 1. The number of aliphatic hydroxyl groups excluding tert-OH is 1. The average molecular weight is 463 g/mol. The highest BCUT2D eigenvalue weighted by Gasteiger charge is 2.62. The third kappa shape index (κ3) is 3.57. The van der Waals surface area contributed by atoms with Crippen LogP contribution in [0.1, 0.15) is 28.7 Å². The Kier molecular flexibility index (Phi) is 4.99. The summed E-state index contributed by atoms with van der Waals surface area (Å²) in [4.78, 5) is 10.0. The van der Waals surface area contributed by atoms with Crippen LogP contribution in [0, 0.1) is 0 Å². The number of oxime groups is 1. The Morgan fingerprint density at radius 1 is 1.10 bits per heavy atom. The molecule has 1 aromatic carbocycles. The molecule has 4 rings (SSSR count). The minimum Gasteiger partial charge on any atom is -0.374 e. The minimum absolute atomic E-state index is 0.0503. The van der Waals surface area contributed by atoms with E-state index in [1.807, 2.05) is 0 Å². The molecule has 0 fully saturated rings. The fourth-order valence-electron chi connectivity index (χ4n) is 3.06. The zero-order chi connectivity index (χ0) is 21.0. The van der Waals surface area contributed by atoms with Crippen LogP contribution in [-0.2, 0) is 10.4 Å². The Morgan fingerprint density at radius 3 is 2.41 bits per heavy atom. The molecule has 152 valence electrons. The van der Waals surface area contributed by atoms with Crippen LogP contribution in [0.4, 0.5) is 13.2 Å². The zero-order valence-electron chi connectivity index (χ0n) is 14.2. The van der Waals surface area contributed by atoms with Crippen molar-refractivity contribution >= 4 is 50.5 Å². The van der Waals surface area contributed by atoms with Gasteiger partial charge in [-0.3, -0.25) is 0 Å². The molecule has 0 amide bonds. The van der Waals surface area contributed by atoms with Gasteiger partial charge in [0.25, 0.3) is 5.60 Å². The molecule has 0 radical (unpaired) electrons. The Morgan fingerprint density at radius 2 is 1.79 bits per heavy atom. The topological polar surface area (TPSA) is 74.9 Å². The highest BCUT2D eigenvalue weighted by molar-refractivity contribution is 7.20. The normalized spacial score (nSPS) is 19.7. The van der Waals surface area contributed by atoms with Gasteiger partial charge < -0.3 is 15.1 Å². The number of hydrogen-bond acceptors (Lipinski definition) is 6. The summed E-state index contributed by atoms with van der Waals surface area (Å²) in [6.45, 7) is 0. The van der Waals surface area contributed by atoms with Crippen molar-refractivity contribution in [2.45, 2.75) is 24.5 Å². The summed E-state index contributed by atoms with van der Waals surface area (Å²) in [6, 6.07) is 6.72.